The van der Waals surface area contributed by atoms with Crippen LogP contribution in [0, 0.1) is 13.8 Å². The van der Waals surface area contributed by atoms with Crippen molar-refractivity contribution in [3.63, 3.8) is 0 Å². The molecule has 0 bridgehead atoms. The number of aryl methyl sites for hydroxylation is 3. The van der Waals surface area contributed by atoms with Crippen molar-refractivity contribution >= 4 is 29.1 Å². The van der Waals surface area contributed by atoms with Gasteiger partial charge in [-0.2, -0.15) is 0 Å². The second-order valence-electron chi connectivity index (χ2n) is 7.78. The van der Waals surface area contributed by atoms with Crippen molar-refractivity contribution in [3.05, 3.63) is 63.8 Å². The number of aromatic nitrogens is 2. The van der Waals surface area contributed by atoms with Crippen LogP contribution < -0.4 is 10.2 Å². The van der Waals surface area contributed by atoms with Crippen molar-refractivity contribution in [1.29, 1.82) is 0 Å². The molecule has 3 aromatic rings. The summed E-state index contributed by atoms with van der Waals surface area (Å²) in [5, 5.41) is 7.32. The van der Waals surface area contributed by atoms with Crippen LogP contribution in [0.1, 0.15) is 52.3 Å². The van der Waals surface area contributed by atoms with Crippen molar-refractivity contribution in [2.24, 2.45) is 0 Å². The van der Waals surface area contributed by atoms with E-state index >= 15 is 0 Å². The Labute approximate surface area is 185 Å². The number of hydrogen-bond donors (Lipinski definition) is 1. The summed E-state index contributed by atoms with van der Waals surface area (Å²) in [6.45, 7) is 5.29. The lowest BCUT2D eigenvalue weighted by molar-refractivity contribution is -0.118. The van der Waals surface area contributed by atoms with Gasteiger partial charge in [0.1, 0.15) is 11.3 Å². The number of carbonyl (C=O) groups excluding carboxylic acids is 2. The fraction of sp³-hybridized carbons (Fsp3) is 0.304. The van der Waals surface area contributed by atoms with Crippen LogP contribution in [0.25, 0.3) is 11.1 Å². The minimum absolute atomic E-state index is 0.116. The maximum absolute atomic E-state index is 12.7. The fourth-order valence-electron chi connectivity index (χ4n) is 3.94. The Bertz CT molecular complexity index is 1170. The van der Waals surface area contributed by atoms with Crippen LogP contribution in [-0.4, -0.2) is 29.0 Å². The Morgan fingerprint density at radius 3 is 2.74 bits per heavy atom. The van der Waals surface area contributed by atoms with E-state index in [9.17, 15) is 9.59 Å². The Kier molecular flexibility index (Phi) is 5.54. The molecular formula is C23H23ClN4O3. The lowest BCUT2D eigenvalue weighted by Gasteiger charge is -2.26. The first kappa shape index (κ1) is 21.1. The summed E-state index contributed by atoms with van der Waals surface area (Å²) in [5.74, 6) is 0.314. The molecule has 1 N–H and O–H groups in total. The summed E-state index contributed by atoms with van der Waals surface area (Å²) in [7, 11) is 1.79. The molecule has 1 atom stereocenters. The number of rotatable bonds is 4. The molecule has 1 aromatic carbocycles. The third-order valence-electron chi connectivity index (χ3n) is 5.72. The highest BCUT2D eigenvalue weighted by atomic mass is 35.5. The number of nitrogens with zero attached hydrogens (tertiary/aromatic N) is 3. The van der Waals surface area contributed by atoms with Crippen LogP contribution in [-0.2, 0) is 11.2 Å². The predicted octanol–water partition coefficient (Wildman–Crippen LogP) is 4.41. The van der Waals surface area contributed by atoms with Gasteiger partial charge in [-0.15, -0.1) is 0 Å². The van der Waals surface area contributed by atoms with Crippen LogP contribution in [0.4, 0.5) is 5.69 Å². The monoisotopic (exact) mass is 438 g/mol. The molecule has 0 aliphatic carbocycles. The molecule has 0 spiro atoms. The van der Waals surface area contributed by atoms with Gasteiger partial charge in [-0.1, -0.05) is 22.8 Å². The SMILES string of the molecule is Cc1noc(C)c1C(=O)NC(C)c1cncc(-c2ccc3c(c2)CCC(=O)N3C)c1Cl. The van der Waals surface area contributed by atoms with Crippen LogP contribution in [0.2, 0.25) is 5.02 Å². The van der Waals surface area contributed by atoms with E-state index < -0.39 is 0 Å². The zero-order chi connectivity index (χ0) is 22.3. The Morgan fingerprint density at radius 1 is 1.26 bits per heavy atom. The summed E-state index contributed by atoms with van der Waals surface area (Å²) in [6.07, 6.45) is 4.56. The van der Waals surface area contributed by atoms with E-state index in [0.717, 1.165) is 22.4 Å². The first-order valence-corrected chi connectivity index (χ1v) is 10.4. The highest BCUT2D eigenvalue weighted by Crippen LogP contribution is 2.36. The van der Waals surface area contributed by atoms with Crippen LogP contribution >= 0.6 is 11.6 Å². The molecule has 2 aromatic heterocycles. The van der Waals surface area contributed by atoms with Gasteiger partial charge in [-0.25, -0.2) is 0 Å². The second kappa shape index (κ2) is 8.15. The number of fused-ring (bicyclic) bond motifs is 1. The van der Waals surface area contributed by atoms with Crippen molar-refractivity contribution in [1.82, 2.24) is 15.5 Å². The van der Waals surface area contributed by atoms with Gasteiger partial charge in [-0.3, -0.25) is 14.6 Å². The number of hydrogen-bond acceptors (Lipinski definition) is 5. The molecule has 31 heavy (non-hydrogen) atoms. The average molecular weight is 439 g/mol. The number of halogens is 1. The fourth-order valence-corrected chi connectivity index (χ4v) is 4.31. The first-order chi connectivity index (χ1) is 14.8. The normalized spacial score (nSPS) is 14.4. The van der Waals surface area contributed by atoms with Gasteiger partial charge in [-0.05, 0) is 50.5 Å². The Balaban J connectivity index is 1.63. The molecule has 7 nitrogen and oxygen atoms in total. The molecule has 4 rings (SSSR count). The quantitative estimate of drug-likeness (QED) is 0.651. The van der Waals surface area contributed by atoms with E-state index in [4.69, 9.17) is 16.1 Å². The van der Waals surface area contributed by atoms with Gasteiger partial charge in [0.15, 0.2) is 0 Å². The third-order valence-corrected chi connectivity index (χ3v) is 6.14. The van der Waals surface area contributed by atoms with E-state index in [1.807, 2.05) is 19.1 Å². The highest BCUT2D eigenvalue weighted by Gasteiger charge is 2.24. The number of carbonyl (C=O) groups is 2. The van der Waals surface area contributed by atoms with Crippen LogP contribution in [0.3, 0.4) is 0 Å². The molecule has 0 saturated heterocycles. The van der Waals surface area contributed by atoms with Crippen LogP contribution in [0.15, 0.2) is 35.1 Å². The minimum Gasteiger partial charge on any atom is -0.361 e. The standard InChI is InChI=1S/C23H23ClN4O3/c1-12(26-23(30)21-13(2)27-31-14(21)3)17-10-25-11-18(22(17)24)15-5-7-19-16(9-15)6-8-20(29)28(19)4/h5,7,9-12H,6,8H2,1-4H3,(H,26,30). The Morgan fingerprint density at radius 2 is 2.03 bits per heavy atom. The first-order valence-electron chi connectivity index (χ1n) is 10.0. The van der Waals surface area contributed by atoms with E-state index in [0.29, 0.717) is 40.4 Å². The van der Waals surface area contributed by atoms with Crippen molar-refractivity contribution in [2.45, 2.75) is 39.7 Å². The maximum atomic E-state index is 12.7. The average Bonchev–Trinajstić information content (AvgIpc) is 3.08. The molecule has 0 fully saturated rings. The number of pyridine rings is 1. The number of amides is 2. The van der Waals surface area contributed by atoms with Crippen molar-refractivity contribution < 1.29 is 14.1 Å². The van der Waals surface area contributed by atoms with Crippen molar-refractivity contribution in [3.8, 4) is 11.1 Å². The number of anilines is 1. The zero-order valence-corrected chi connectivity index (χ0v) is 18.6. The molecule has 0 saturated carbocycles. The molecule has 160 valence electrons. The number of nitrogens with one attached hydrogen (secondary N) is 1. The zero-order valence-electron chi connectivity index (χ0n) is 17.8. The molecule has 8 heteroatoms. The molecule has 0 radical (unpaired) electrons. The molecule has 1 aliphatic heterocycles. The van der Waals surface area contributed by atoms with Crippen LogP contribution in [0.5, 0.6) is 0 Å². The van der Waals surface area contributed by atoms with Crippen molar-refractivity contribution in [2.75, 3.05) is 11.9 Å². The Hall–Kier alpha value is -3.19. The van der Waals surface area contributed by atoms with Gasteiger partial charge in [0.05, 0.1) is 16.8 Å². The van der Waals surface area contributed by atoms with Gasteiger partial charge < -0.3 is 14.7 Å². The largest absolute Gasteiger partial charge is 0.361 e. The summed E-state index contributed by atoms with van der Waals surface area (Å²) >= 11 is 6.76. The molecule has 3 heterocycles. The molecule has 1 aliphatic rings. The highest BCUT2D eigenvalue weighted by molar-refractivity contribution is 6.34. The number of benzene rings is 1. The van der Waals surface area contributed by atoms with E-state index in [-0.39, 0.29) is 17.9 Å². The smallest absolute Gasteiger partial charge is 0.257 e. The maximum Gasteiger partial charge on any atom is 0.257 e. The second-order valence-corrected chi connectivity index (χ2v) is 8.16. The summed E-state index contributed by atoms with van der Waals surface area (Å²) in [6, 6.07) is 5.56. The summed E-state index contributed by atoms with van der Waals surface area (Å²) in [5.41, 5.74) is 5.40. The lowest BCUT2D eigenvalue weighted by atomic mass is 9.95. The van der Waals surface area contributed by atoms with Gasteiger partial charge in [0, 0.05) is 42.7 Å². The van der Waals surface area contributed by atoms with E-state index in [1.54, 1.807) is 38.2 Å². The predicted molar refractivity (Wildman–Crippen MR) is 118 cm³/mol. The molecule has 1 unspecified atom stereocenters. The van der Waals surface area contributed by atoms with E-state index in [1.165, 1.54) is 0 Å². The molecule has 2 amide bonds. The minimum atomic E-state index is -0.373. The van der Waals surface area contributed by atoms with Gasteiger partial charge >= 0.3 is 0 Å². The van der Waals surface area contributed by atoms with E-state index in [2.05, 4.69) is 21.5 Å². The summed E-state index contributed by atoms with van der Waals surface area (Å²) in [4.78, 5) is 30.7. The summed E-state index contributed by atoms with van der Waals surface area (Å²) < 4.78 is 5.09. The van der Waals surface area contributed by atoms with Gasteiger partial charge in [0.2, 0.25) is 5.91 Å². The third kappa shape index (κ3) is 3.81. The van der Waals surface area contributed by atoms with Gasteiger partial charge in [0.25, 0.3) is 5.91 Å². The molecular weight excluding hydrogens is 416 g/mol. The topological polar surface area (TPSA) is 88.3 Å². The lowest BCUT2D eigenvalue weighted by Crippen LogP contribution is -2.31.